The first-order valence-corrected chi connectivity index (χ1v) is 12.0. The highest BCUT2D eigenvalue weighted by molar-refractivity contribution is 7.98. The summed E-state index contributed by atoms with van der Waals surface area (Å²) in [6, 6.07) is -3.25. The van der Waals surface area contributed by atoms with Crippen molar-refractivity contribution in [2.75, 3.05) is 30.6 Å². The predicted octanol–water partition coefficient (Wildman–Crippen LogP) is -1.74. The Labute approximate surface area is 184 Å². The summed E-state index contributed by atoms with van der Waals surface area (Å²) in [5.74, 6) is -2.70. The molecule has 11 nitrogen and oxygen atoms in total. The summed E-state index contributed by atoms with van der Waals surface area (Å²) in [6.45, 7) is -0.301. The van der Waals surface area contributed by atoms with Gasteiger partial charge in [-0.15, -0.1) is 0 Å². The molecule has 0 aromatic heterocycles. The molecule has 0 saturated heterocycles. The maximum atomic E-state index is 12.7. The van der Waals surface area contributed by atoms with E-state index in [0.717, 1.165) is 0 Å². The third-order valence-electron chi connectivity index (χ3n) is 3.99. The molecule has 0 aliphatic rings. The second-order valence-corrected chi connectivity index (χ2v) is 8.32. The fourth-order valence-electron chi connectivity index (χ4n) is 2.35. The van der Waals surface area contributed by atoms with Crippen LogP contribution in [-0.4, -0.2) is 83.4 Å². The van der Waals surface area contributed by atoms with Crippen LogP contribution < -0.4 is 27.4 Å². The molecule has 4 amide bonds. The zero-order valence-electron chi connectivity index (χ0n) is 17.1. The fourth-order valence-corrected chi connectivity index (χ4v) is 3.29. The minimum atomic E-state index is -1.20. The first-order valence-electron chi connectivity index (χ1n) is 9.25. The van der Waals surface area contributed by atoms with E-state index in [9.17, 15) is 29.1 Å². The predicted molar refractivity (Wildman–Crippen MR) is 117 cm³/mol. The molecular formula is C17H31N5O6S2. The average Bonchev–Trinajstić information content (AvgIpc) is 2.70. The molecule has 172 valence electrons. The number of carbonyl (C=O) groups is 5. The Balaban J connectivity index is 5.32. The molecule has 0 aromatic rings. The molecule has 0 rings (SSSR count). The highest BCUT2D eigenvalue weighted by Crippen LogP contribution is 2.06. The lowest BCUT2D eigenvalue weighted by molar-refractivity contribution is -0.142. The third-order valence-corrected chi connectivity index (χ3v) is 5.27. The summed E-state index contributed by atoms with van der Waals surface area (Å²) in [5, 5.41) is 16.7. The standard InChI is InChI=1S/C17H31N5O6S2/c1-29-7-5-11(20-14(24)9-18)16(26)21-10(3-4-13(19)23)15(25)22-12(17(27)28)6-8-30-2/h10-12H,3-9,18H2,1-2H3,(H2,19,23)(H,20,24)(H,21,26)(H,22,25)(H,27,28). The summed E-state index contributed by atoms with van der Waals surface area (Å²) in [7, 11) is 0. The maximum absolute atomic E-state index is 12.7. The number of carboxylic acid groups (broad SMARTS) is 1. The van der Waals surface area contributed by atoms with Gasteiger partial charge in [-0.1, -0.05) is 0 Å². The lowest BCUT2D eigenvalue weighted by atomic mass is 10.1. The van der Waals surface area contributed by atoms with Gasteiger partial charge >= 0.3 is 5.97 Å². The Hall–Kier alpha value is -1.99. The first kappa shape index (κ1) is 28.0. The number of amides is 4. The molecule has 3 atom stereocenters. The molecule has 0 aliphatic heterocycles. The lowest BCUT2D eigenvalue weighted by Crippen LogP contribution is -2.56. The van der Waals surface area contributed by atoms with Gasteiger partial charge in [-0.2, -0.15) is 23.5 Å². The van der Waals surface area contributed by atoms with Crippen molar-refractivity contribution in [3.63, 3.8) is 0 Å². The van der Waals surface area contributed by atoms with Gasteiger partial charge in [-0.05, 0) is 43.3 Å². The van der Waals surface area contributed by atoms with Crippen molar-refractivity contribution in [1.82, 2.24) is 16.0 Å². The van der Waals surface area contributed by atoms with E-state index in [1.165, 1.54) is 23.5 Å². The number of nitrogens with one attached hydrogen (secondary N) is 3. The van der Waals surface area contributed by atoms with Crippen LogP contribution in [0.5, 0.6) is 0 Å². The maximum Gasteiger partial charge on any atom is 0.326 e. The highest BCUT2D eigenvalue weighted by atomic mass is 32.2. The van der Waals surface area contributed by atoms with Crippen molar-refractivity contribution in [3.8, 4) is 0 Å². The van der Waals surface area contributed by atoms with E-state index in [1.54, 1.807) is 6.26 Å². The smallest absolute Gasteiger partial charge is 0.326 e. The van der Waals surface area contributed by atoms with Gasteiger partial charge in [-0.25, -0.2) is 4.79 Å². The number of aliphatic carboxylic acids is 1. The second kappa shape index (κ2) is 15.8. The summed E-state index contributed by atoms with van der Waals surface area (Å²) < 4.78 is 0. The third kappa shape index (κ3) is 11.9. The topological polar surface area (TPSA) is 194 Å². The molecule has 30 heavy (non-hydrogen) atoms. The number of primary amides is 1. The van der Waals surface area contributed by atoms with E-state index in [-0.39, 0.29) is 25.8 Å². The molecule has 0 fully saturated rings. The number of thioether (sulfide) groups is 2. The quantitative estimate of drug-likeness (QED) is 0.153. The average molecular weight is 466 g/mol. The van der Waals surface area contributed by atoms with Gasteiger partial charge in [0.25, 0.3) is 0 Å². The molecule has 3 unspecified atom stereocenters. The van der Waals surface area contributed by atoms with Crippen LogP contribution in [0.3, 0.4) is 0 Å². The van der Waals surface area contributed by atoms with Crippen LogP contribution in [0, 0.1) is 0 Å². The molecule has 0 heterocycles. The first-order chi connectivity index (χ1) is 14.2. The summed E-state index contributed by atoms with van der Waals surface area (Å²) in [5.41, 5.74) is 10.4. The molecule has 8 N–H and O–H groups in total. The zero-order chi connectivity index (χ0) is 23.1. The van der Waals surface area contributed by atoms with E-state index in [1.807, 2.05) is 6.26 Å². The Morgan fingerprint density at radius 1 is 0.833 bits per heavy atom. The molecule has 0 spiro atoms. The molecule has 0 aliphatic carbocycles. The van der Waals surface area contributed by atoms with Crippen molar-refractivity contribution < 1.29 is 29.1 Å². The van der Waals surface area contributed by atoms with Gasteiger partial charge in [0, 0.05) is 6.42 Å². The number of hydrogen-bond acceptors (Lipinski definition) is 8. The van der Waals surface area contributed by atoms with Crippen molar-refractivity contribution in [1.29, 1.82) is 0 Å². The Bertz CT molecular complexity index is 607. The summed E-state index contributed by atoms with van der Waals surface area (Å²) in [6.07, 6.45) is 3.84. The molecular weight excluding hydrogens is 434 g/mol. The minimum absolute atomic E-state index is 0.109. The van der Waals surface area contributed by atoms with E-state index in [4.69, 9.17) is 11.5 Å². The Morgan fingerprint density at radius 2 is 1.30 bits per heavy atom. The molecule has 0 bridgehead atoms. The minimum Gasteiger partial charge on any atom is -0.480 e. The van der Waals surface area contributed by atoms with Gasteiger partial charge in [0.15, 0.2) is 0 Å². The lowest BCUT2D eigenvalue weighted by Gasteiger charge is -2.24. The largest absolute Gasteiger partial charge is 0.480 e. The number of carboxylic acids is 1. The second-order valence-electron chi connectivity index (χ2n) is 6.35. The van der Waals surface area contributed by atoms with Crippen LogP contribution in [0.1, 0.15) is 25.7 Å². The van der Waals surface area contributed by atoms with Gasteiger partial charge in [0.2, 0.25) is 23.6 Å². The normalized spacial score (nSPS) is 13.6. The SMILES string of the molecule is CSCCC(NC(=O)C(CCC(N)=O)NC(=O)C(CCSC)NC(=O)CN)C(=O)O. The molecule has 0 radical (unpaired) electrons. The van der Waals surface area contributed by atoms with E-state index >= 15 is 0 Å². The highest BCUT2D eigenvalue weighted by Gasteiger charge is 2.29. The molecule has 0 aromatic carbocycles. The molecule has 0 saturated carbocycles. The summed E-state index contributed by atoms with van der Waals surface area (Å²) in [4.78, 5) is 59.4. The Morgan fingerprint density at radius 3 is 1.73 bits per heavy atom. The van der Waals surface area contributed by atoms with Gasteiger partial charge in [0.1, 0.15) is 18.1 Å². The van der Waals surface area contributed by atoms with Crippen molar-refractivity contribution in [2.45, 2.75) is 43.8 Å². The monoisotopic (exact) mass is 465 g/mol. The van der Waals surface area contributed by atoms with Crippen molar-refractivity contribution >= 4 is 53.1 Å². The number of rotatable bonds is 16. The van der Waals surface area contributed by atoms with Crippen molar-refractivity contribution in [3.05, 3.63) is 0 Å². The summed E-state index contributed by atoms with van der Waals surface area (Å²) >= 11 is 2.90. The van der Waals surface area contributed by atoms with Crippen molar-refractivity contribution in [2.24, 2.45) is 11.5 Å². The van der Waals surface area contributed by atoms with Crippen LogP contribution in [0.25, 0.3) is 0 Å². The fraction of sp³-hybridized carbons (Fsp3) is 0.706. The van der Waals surface area contributed by atoms with Gasteiger partial charge in [0.05, 0.1) is 6.54 Å². The van der Waals surface area contributed by atoms with Crippen LogP contribution in [0.15, 0.2) is 0 Å². The van der Waals surface area contributed by atoms with E-state index < -0.39 is 47.7 Å². The van der Waals surface area contributed by atoms with E-state index in [0.29, 0.717) is 17.9 Å². The Kier molecular flexibility index (Phi) is 14.7. The van der Waals surface area contributed by atoms with Gasteiger partial charge < -0.3 is 32.5 Å². The van der Waals surface area contributed by atoms with Gasteiger partial charge in [-0.3, -0.25) is 19.2 Å². The number of carbonyl (C=O) groups excluding carboxylic acids is 4. The van der Waals surface area contributed by atoms with Crippen LogP contribution in [-0.2, 0) is 24.0 Å². The number of nitrogens with two attached hydrogens (primary N) is 2. The number of hydrogen-bond donors (Lipinski definition) is 6. The molecule has 13 heteroatoms. The zero-order valence-corrected chi connectivity index (χ0v) is 18.8. The van der Waals surface area contributed by atoms with E-state index in [2.05, 4.69) is 16.0 Å². The van der Waals surface area contributed by atoms with Crippen LogP contribution in [0.2, 0.25) is 0 Å². The van der Waals surface area contributed by atoms with Crippen LogP contribution >= 0.6 is 23.5 Å². The van der Waals surface area contributed by atoms with Crippen LogP contribution in [0.4, 0.5) is 0 Å².